The van der Waals surface area contributed by atoms with E-state index in [9.17, 15) is 0 Å². The van der Waals surface area contributed by atoms with Gasteiger partial charge in [-0.15, -0.1) is 11.8 Å². The van der Waals surface area contributed by atoms with Gasteiger partial charge in [-0.25, -0.2) is 0 Å². The van der Waals surface area contributed by atoms with Crippen LogP contribution >= 0.6 is 11.8 Å². The first-order valence-electron chi connectivity index (χ1n) is 16.0. The Bertz CT molecular complexity index is 1870. The molecule has 0 amide bonds. The van der Waals surface area contributed by atoms with Gasteiger partial charge in [0, 0.05) is 16.1 Å². The summed E-state index contributed by atoms with van der Waals surface area (Å²) in [6.07, 6.45) is 13.9. The van der Waals surface area contributed by atoms with Gasteiger partial charge in [0.1, 0.15) is 0 Å². The Morgan fingerprint density at radius 3 is 1.89 bits per heavy atom. The molecule has 0 bridgehead atoms. The summed E-state index contributed by atoms with van der Waals surface area (Å²) in [5.74, 6) is 0.413. The molecule has 218 valence electrons. The van der Waals surface area contributed by atoms with Gasteiger partial charge in [-0.1, -0.05) is 151 Å². The number of allylic oxidation sites excluding steroid dienone is 7. The summed E-state index contributed by atoms with van der Waals surface area (Å²) in [4.78, 5) is 1.40. The second-order valence-corrected chi connectivity index (χ2v) is 16.2. The minimum absolute atomic E-state index is 0.0962. The average molecular weight is 589 g/mol. The highest BCUT2D eigenvalue weighted by Crippen LogP contribution is 2.60. The third-order valence-electron chi connectivity index (χ3n) is 10.3. The monoisotopic (exact) mass is 588 g/mol. The fraction of sp³-hybridized carbons (Fsp3) is 0.256. The molecule has 2 unspecified atom stereocenters. The van der Waals surface area contributed by atoms with Gasteiger partial charge in [-0.3, -0.25) is 0 Å². The van der Waals surface area contributed by atoms with Crippen LogP contribution in [0.2, 0.25) is 0 Å². The summed E-state index contributed by atoms with van der Waals surface area (Å²) >= 11 is 2.04. The molecule has 4 aromatic carbocycles. The third kappa shape index (κ3) is 3.98. The smallest absolute Gasteiger partial charge is 0.0713 e. The average Bonchev–Trinajstić information content (AvgIpc) is 3.30. The van der Waals surface area contributed by atoms with Gasteiger partial charge in [0.25, 0.3) is 0 Å². The summed E-state index contributed by atoms with van der Waals surface area (Å²) < 4.78 is 0. The zero-order valence-corrected chi connectivity index (χ0v) is 27.4. The van der Waals surface area contributed by atoms with Crippen molar-refractivity contribution in [2.24, 2.45) is 5.92 Å². The highest BCUT2D eigenvalue weighted by atomic mass is 32.2. The Kier molecular flexibility index (Phi) is 6.04. The molecule has 44 heavy (non-hydrogen) atoms. The van der Waals surface area contributed by atoms with Crippen LogP contribution in [0.5, 0.6) is 0 Å². The molecular formula is C43H40S. The van der Waals surface area contributed by atoms with Gasteiger partial charge < -0.3 is 0 Å². The van der Waals surface area contributed by atoms with Crippen molar-refractivity contribution < 1.29 is 0 Å². The second-order valence-electron chi connectivity index (χ2n) is 14.9. The van der Waals surface area contributed by atoms with Crippen LogP contribution in [-0.2, 0) is 16.2 Å². The van der Waals surface area contributed by atoms with Crippen molar-refractivity contribution in [3.05, 3.63) is 166 Å². The largest absolute Gasteiger partial charge is 0.117 e. The maximum absolute atomic E-state index is 2.57. The lowest BCUT2D eigenvalue weighted by Gasteiger charge is -2.39. The Hall–Kier alpha value is -3.81. The molecule has 1 heteroatoms. The first-order valence-corrected chi connectivity index (χ1v) is 16.9. The predicted molar refractivity (Wildman–Crippen MR) is 189 cm³/mol. The van der Waals surface area contributed by atoms with Gasteiger partial charge in [-0.05, 0) is 84.2 Å². The van der Waals surface area contributed by atoms with Crippen LogP contribution in [0.3, 0.4) is 0 Å². The highest BCUT2D eigenvalue weighted by Gasteiger charge is 2.48. The van der Waals surface area contributed by atoms with Crippen LogP contribution < -0.4 is 0 Å². The molecule has 0 saturated heterocycles. The fourth-order valence-corrected chi connectivity index (χ4v) is 9.32. The van der Waals surface area contributed by atoms with Crippen molar-refractivity contribution in [1.29, 1.82) is 0 Å². The van der Waals surface area contributed by atoms with E-state index in [1.807, 2.05) is 11.8 Å². The van der Waals surface area contributed by atoms with E-state index in [1.54, 1.807) is 0 Å². The van der Waals surface area contributed by atoms with E-state index in [2.05, 4.69) is 163 Å². The Morgan fingerprint density at radius 1 is 0.614 bits per heavy atom. The zero-order valence-electron chi connectivity index (χ0n) is 26.6. The van der Waals surface area contributed by atoms with Crippen LogP contribution in [0.15, 0.2) is 132 Å². The topological polar surface area (TPSA) is 0 Å². The fourth-order valence-electron chi connectivity index (χ4n) is 7.93. The molecule has 0 nitrogen and oxygen atoms in total. The van der Waals surface area contributed by atoms with E-state index >= 15 is 0 Å². The molecule has 0 spiro atoms. The summed E-state index contributed by atoms with van der Waals surface area (Å²) in [5.41, 5.74) is 15.0. The third-order valence-corrected chi connectivity index (χ3v) is 11.6. The van der Waals surface area contributed by atoms with Crippen molar-refractivity contribution in [1.82, 2.24) is 0 Å². The summed E-state index contributed by atoms with van der Waals surface area (Å²) in [7, 11) is 0. The number of hydrogen-bond donors (Lipinski definition) is 0. The molecule has 1 heterocycles. The minimum atomic E-state index is -0.411. The number of hydrogen-bond acceptors (Lipinski definition) is 1. The van der Waals surface area contributed by atoms with E-state index in [0.717, 1.165) is 0 Å². The van der Waals surface area contributed by atoms with Gasteiger partial charge in [0.2, 0.25) is 0 Å². The molecular weight excluding hydrogens is 549 g/mol. The summed E-state index contributed by atoms with van der Waals surface area (Å²) in [5, 5.41) is 0.438. The minimum Gasteiger partial charge on any atom is -0.117 e. The van der Waals surface area contributed by atoms with Crippen molar-refractivity contribution >= 4 is 17.3 Å². The molecule has 3 aliphatic carbocycles. The molecule has 4 aliphatic rings. The lowest BCUT2D eigenvalue weighted by atomic mass is 9.66. The molecule has 0 fully saturated rings. The Morgan fingerprint density at radius 2 is 1.25 bits per heavy atom. The first-order chi connectivity index (χ1) is 21.1. The number of fused-ring (bicyclic) bond motifs is 5. The van der Waals surface area contributed by atoms with Crippen LogP contribution in [-0.4, -0.2) is 5.25 Å². The first kappa shape index (κ1) is 27.7. The molecule has 2 atom stereocenters. The summed E-state index contributed by atoms with van der Waals surface area (Å²) in [6, 6.07) is 33.3. The SMILES string of the molecule is CC(C)(C)c1ccc(C2(c3ccc(C(C)(C)C)cc3)c3ccccc3-c3cc4c(cc32)C2=CC=CC3=CC=CC(S4)C32)cc1. The number of rotatable bonds is 2. The van der Waals surface area contributed by atoms with Gasteiger partial charge in [-0.2, -0.15) is 0 Å². The van der Waals surface area contributed by atoms with Crippen molar-refractivity contribution in [3.8, 4) is 11.1 Å². The quantitative estimate of drug-likeness (QED) is 0.198. The van der Waals surface area contributed by atoms with E-state index in [1.165, 1.54) is 66.1 Å². The van der Waals surface area contributed by atoms with Gasteiger partial charge in [0.05, 0.1) is 5.41 Å². The van der Waals surface area contributed by atoms with Gasteiger partial charge in [0.15, 0.2) is 0 Å². The van der Waals surface area contributed by atoms with E-state index in [4.69, 9.17) is 0 Å². The highest BCUT2D eigenvalue weighted by molar-refractivity contribution is 8.00. The molecule has 4 aromatic rings. The number of benzene rings is 4. The number of thioether (sulfide) groups is 1. The van der Waals surface area contributed by atoms with Crippen LogP contribution in [0.25, 0.3) is 16.7 Å². The molecule has 0 aromatic heterocycles. The van der Waals surface area contributed by atoms with Crippen molar-refractivity contribution in [2.75, 3.05) is 0 Å². The van der Waals surface area contributed by atoms with Crippen molar-refractivity contribution in [3.63, 3.8) is 0 Å². The lowest BCUT2D eigenvalue weighted by molar-refractivity contribution is 0.588. The van der Waals surface area contributed by atoms with Crippen LogP contribution in [0, 0.1) is 5.92 Å². The normalized spacial score (nSPS) is 20.7. The maximum Gasteiger partial charge on any atom is 0.0713 e. The van der Waals surface area contributed by atoms with E-state index in [0.29, 0.717) is 11.2 Å². The van der Waals surface area contributed by atoms with Crippen LogP contribution in [0.4, 0.5) is 0 Å². The standard InChI is InChI=1S/C43H40S/c1-41(2,3)28-17-21-30(22-18-28)43(31-23-19-29(20-24-31)42(4,5)6)36-15-8-7-13-32(36)34-26-39-35(25-37(34)43)33-14-9-11-27-12-10-16-38(44-39)40(27)33/h7-26,38,40H,1-6H3. The maximum atomic E-state index is 2.57. The molecule has 0 saturated carbocycles. The van der Waals surface area contributed by atoms with E-state index in [-0.39, 0.29) is 10.8 Å². The molecule has 8 rings (SSSR count). The molecule has 0 radical (unpaired) electrons. The zero-order chi connectivity index (χ0) is 30.4. The lowest BCUT2D eigenvalue weighted by Crippen LogP contribution is -2.30. The molecule has 1 aliphatic heterocycles. The molecule has 0 N–H and O–H groups in total. The summed E-state index contributed by atoms with van der Waals surface area (Å²) in [6.45, 7) is 13.8. The Balaban J connectivity index is 1.43. The van der Waals surface area contributed by atoms with Crippen LogP contribution in [0.1, 0.15) is 80.5 Å². The second kappa shape index (κ2) is 9.59. The predicted octanol–water partition coefficient (Wildman–Crippen LogP) is 11.2. The Labute approximate surface area is 267 Å². The van der Waals surface area contributed by atoms with E-state index < -0.39 is 5.41 Å². The van der Waals surface area contributed by atoms with Crippen molar-refractivity contribution in [2.45, 2.75) is 67.9 Å². The van der Waals surface area contributed by atoms with Gasteiger partial charge >= 0.3 is 0 Å².